The summed E-state index contributed by atoms with van der Waals surface area (Å²) in [4.78, 5) is 14.5. The Labute approximate surface area is 123 Å². The lowest BCUT2D eigenvalue weighted by molar-refractivity contribution is 0.155. The number of hydrogen-bond acceptors (Lipinski definition) is 3. The number of nitrogens with one attached hydrogen (secondary N) is 2. The van der Waals surface area contributed by atoms with Crippen LogP contribution in [0.2, 0.25) is 0 Å². The van der Waals surface area contributed by atoms with E-state index in [1.54, 1.807) is 12.3 Å². The quantitative estimate of drug-likeness (QED) is 0.822. The first kappa shape index (κ1) is 13.8. The molecule has 98 valence electrons. The third kappa shape index (κ3) is 4.18. The predicted octanol–water partition coefficient (Wildman–Crippen LogP) is 4.26. The smallest absolute Gasteiger partial charge is 0.412 e. The highest BCUT2D eigenvalue weighted by Gasteiger charge is 2.05. The SMILES string of the molecule is O=C(Nc1cc(Br)c[nH]c1=S)OCc1ccccc1. The maximum absolute atomic E-state index is 11.6. The highest BCUT2D eigenvalue weighted by atomic mass is 79.9. The molecule has 6 heteroatoms. The molecule has 0 radical (unpaired) electrons. The number of amides is 1. The molecule has 1 aromatic heterocycles. The van der Waals surface area contributed by atoms with Gasteiger partial charge in [0.25, 0.3) is 0 Å². The second-order valence-electron chi connectivity index (χ2n) is 3.75. The van der Waals surface area contributed by atoms with Crippen LogP contribution >= 0.6 is 28.1 Å². The highest BCUT2D eigenvalue weighted by molar-refractivity contribution is 9.10. The highest BCUT2D eigenvalue weighted by Crippen LogP contribution is 2.16. The fourth-order valence-corrected chi connectivity index (χ4v) is 1.93. The Morgan fingerprint density at radius 3 is 2.84 bits per heavy atom. The summed E-state index contributed by atoms with van der Waals surface area (Å²) in [5.74, 6) is 0. The minimum Gasteiger partial charge on any atom is -0.444 e. The fraction of sp³-hybridized carbons (Fsp3) is 0.0769. The second-order valence-corrected chi connectivity index (χ2v) is 5.07. The van der Waals surface area contributed by atoms with E-state index < -0.39 is 6.09 Å². The number of carbonyl (C=O) groups excluding carboxylic acids is 1. The number of anilines is 1. The van der Waals surface area contributed by atoms with E-state index in [1.807, 2.05) is 30.3 Å². The Balaban J connectivity index is 1.95. The lowest BCUT2D eigenvalue weighted by Crippen LogP contribution is -2.14. The summed E-state index contributed by atoms with van der Waals surface area (Å²) < 4.78 is 6.34. The molecule has 0 spiro atoms. The molecule has 0 aliphatic rings. The van der Waals surface area contributed by atoms with Gasteiger partial charge in [0, 0.05) is 10.7 Å². The van der Waals surface area contributed by atoms with E-state index in [0.717, 1.165) is 10.0 Å². The van der Waals surface area contributed by atoms with Crippen molar-refractivity contribution in [1.82, 2.24) is 4.98 Å². The molecule has 2 aromatic rings. The van der Waals surface area contributed by atoms with Crippen molar-refractivity contribution in [3.63, 3.8) is 0 Å². The molecule has 0 saturated carbocycles. The van der Waals surface area contributed by atoms with Crippen molar-refractivity contribution in [3.05, 3.63) is 57.3 Å². The monoisotopic (exact) mass is 338 g/mol. The molecule has 0 aliphatic heterocycles. The van der Waals surface area contributed by atoms with Crippen molar-refractivity contribution in [3.8, 4) is 0 Å². The van der Waals surface area contributed by atoms with Crippen LogP contribution in [0.15, 0.2) is 47.1 Å². The standard InChI is InChI=1S/C13H11BrN2O2S/c14-10-6-11(12(19)15-7-10)16-13(17)18-8-9-4-2-1-3-5-9/h1-7H,8H2,(H,15,19)(H,16,17). The van der Waals surface area contributed by atoms with Crippen LogP contribution in [0.3, 0.4) is 0 Å². The van der Waals surface area contributed by atoms with E-state index in [4.69, 9.17) is 17.0 Å². The van der Waals surface area contributed by atoms with Crippen molar-refractivity contribution in [2.24, 2.45) is 0 Å². The zero-order valence-electron chi connectivity index (χ0n) is 9.85. The number of benzene rings is 1. The Kier molecular flexibility index (Phi) is 4.70. The minimum absolute atomic E-state index is 0.219. The van der Waals surface area contributed by atoms with Crippen LogP contribution in [0, 0.1) is 4.64 Å². The number of pyridine rings is 1. The molecule has 1 aromatic carbocycles. The van der Waals surface area contributed by atoms with E-state index in [0.29, 0.717) is 10.3 Å². The lowest BCUT2D eigenvalue weighted by atomic mass is 10.2. The molecule has 2 N–H and O–H groups in total. The Morgan fingerprint density at radius 1 is 1.37 bits per heavy atom. The Hall–Kier alpha value is -1.66. The second kappa shape index (κ2) is 6.49. The summed E-state index contributed by atoms with van der Waals surface area (Å²) in [7, 11) is 0. The first-order chi connectivity index (χ1) is 9.15. The maximum Gasteiger partial charge on any atom is 0.412 e. The van der Waals surface area contributed by atoms with Crippen molar-refractivity contribution < 1.29 is 9.53 Å². The number of aromatic nitrogens is 1. The molecule has 0 atom stereocenters. The number of hydrogen-bond donors (Lipinski definition) is 2. The van der Waals surface area contributed by atoms with Gasteiger partial charge in [-0.15, -0.1) is 0 Å². The molecule has 0 bridgehead atoms. The largest absolute Gasteiger partial charge is 0.444 e. The Bertz CT molecular complexity index is 628. The summed E-state index contributed by atoms with van der Waals surface area (Å²) in [6.07, 6.45) is 1.16. The molecule has 0 saturated heterocycles. The van der Waals surface area contributed by atoms with Gasteiger partial charge in [0.15, 0.2) is 0 Å². The van der Waals surface area contributed by atoms with Gasteiger partial charge in [-0.1, -0.05) is 42.5 Å². The van der Waals surface area contributed by atoms with Crippen LogP contribution in [-0.2, 0) is 11.3 Å². The summed E-state index contributed by atoms with van der Waals surface area (Å²) in [6, 6.07) is 11.2. The van der Waals surface area contributed by atoms with Crippen LogP contribution in [0.1, 0.15) is 5.56 Å². The van der Waals surface area contributed by atoms with Gasteiger partial charge < -0.3 is 9.72 Å². The molecule has 1 amide bonds. The first-order valence-corrected chi connectivity index (χ1v) is 6.71. The molecule has 19 heavy (non-hydrogen) atoms. The number of H-pyrrole nitrogens is 1. The molecule has 0 aliphatic carbocycles. The number of carbonyl (C=O) groups is 1. The number of halogens is 1. The molecule has 2 rings (SSSR count). The average molecular weight is 339 g/mol. The van der Waals surface area contributed by atoms with Crippen LogP contribution in [-0.4, -0.2) is 11.1 Å². The molecular formula is C13H11BrN2O2S. The van der Waals surface area contributed by atoms with Crippen molar-refractivity contribution >= 4 is 39.9 Å². The zero-order valence-corrected chi connectivity index (χ0v) is 12.3. The third-order valence-corrected chi connectivity index (χ3v) is 3.11. The van der Waals surface area contributed by atoms with Gasteiger partial charge in [-0.25, -0.2) is 4.79 Å². The number of rotatable bonds is 3. The molecular weight excluding hydrogens is 328 g/mol. The zero-order chi connectivity index (χ0) is 13.7. The summed E-state index contributed by atoms with van der Waals surface area (Å²) in [5.41, 5.74) is 1.43. The first-order valence-electron chi connectivity index (χ1n) is 5.51. The third-order valence-electron chi connectivity index (χ3n) is 2.32. The van der Waals surface area contributed by atoms with Gasteiger partial charge in [-0.2, -0.15) is 0 Å². The maximum atomic E-state index is 11.6. The van der Waals surface area contributed by atoms with Gasteiger partial charge in [0.2, 0.25) is 0 Å². The molecule has 4 nitrogen and oxygen atoms in total. The molecule has 0 unspecified atom stereocenters. The van der Waals surface area contributed by atoms with Crippen LogP contribution in [0.5, 0.6) is 0 Å². The number of ether oxygens (including phenoxy) is 1. The minimum atomic E-state index is -0.540. The Morgan fingerprint density at radius 2 is 2.11 bits per heavy atom. The van der Waals surface area contributed by atoms with Crippen LogP contribution in [0.4, 0.5) is 10.5 Å². The summed E-state index contributed by atoms with van der Waals surface area (Å²) >= 11 is 8.35. The van der Waals surface area contributed by atoms with Gasteiger partial charge in [0.05, 0.1) is 5.69 Å². The summed E-state index contributed by atoms with van der Waals surface area (Å²) in [5, 5.41) is 2.59. The predicted molar refractivity (Wildman–Crippen MR) is 79.6 cm³/mol. The van der Waals surface area contributed by atoms with Crippen molar-refractivity contribution in [2.75, 3.05) is 5.32 Å². The van der Waals surface area contributed by atoms with Crippen molar-refractivity contribution in [2.45, 2.75) is 6.61 Å². The van der Waals surface area contributed by atoms with Crippen LogP contribution in [0.25, 0.3) is 0 Å². The van der Waals surface area contributed by atoms with E-state index in [9.17, 15) is 4.79 Å². The van der Waals surface area contributed by atoms with E-state index in [1.165, 1.54) is 0 Å². The number of aromatic amines is 1. The lowest BCUT2D eigenvalue weighted by Gasteiger charge is -2.07. The normalized spacial score (nSPS) is 9.95. The topological polar surface area (TPSA) is 54.1 Å². The fourth-order valence-electron chi connectivity index (χ4n) is 1.42. The van der Waals surface area contributed by atoms with E-state index in [-0.39, 0.29) is 6.61 Å². The van der Waals surface area contributed by atoms with E-state index in [2.05, 4.69) is 26.2 Å². The molecule has 1 heterocycles. The summed E-state index contributed by atoms with van der Waals surface area (Å²) in [6.45, 7) is 0.219. The molecule has 0 fully saturated rings. The van der Waals surface area contributed by atoms with E-state index >= 15 is 0 Å². The van der Waals surface area contributed by atoms with Gasteiger partial charge in [-0.3, -0.25) is 5.32 Å². The van der Waals surface area contributed by atoms with Gasteiger partial charge in [0.1, 0.15) is 11.2 Å². The van der Waals surface area contributed by atoms with Crippen LogP contribution < -0.4 is 5.32 Å². The van der Waals surface area contributed by atoms with Crippen molar-refractivity contribution in [1.29, 1.82) is 0 Å². The average Bonchev–Trinajstić information content (AvgIpc) is 2.42. The van der Waals surface area contributed by atoms with Gasteiger partial charge in [-0.05, 0) is 27.6 Å². The van der Waals surface area contributed by atoms with Gasteiger partial charge >= 0.3 is 6.09 Å².